The summed E-state index contributed by atoms with van der Waals surface area (Å²) in [4.78, 5) is 27.3. The zero-order chi connectivity index (χ0) is 15.3. The zero-order valence-electron chi connectivity index (χ0n) is 11.6. The lowest BCUT2D eigenvalue weighted by atomic mass is 10.1. The normalized spacial score (nSPS) is 10.8. The van der Waals surface area contributed by atoms with Gasteiger partial charge in [-0.1, -0.05) is 11.6 Å². The van der Waals surface area contributed by atoms with Gasteiger partial charge in [0.05, 0.1) is 17.1 Å². The first kappa shape index (κ1) is 16.2. The molecule has 0 unspecified atom stereocenters. The summed E-state index contributed by atoms with van der Waals surface area (Å²) in [5.74, 6) is 4.74. The van der Waals surface area contributed by atoms with E-state index in [2.05, 4.69) is 21.0 Å². The summed E-state index contributed by atoms with van der Waals surface area (Å²) in [5.41, 5.74) is 2.20. The molecule has 0 aliphatic heterocycles. The molecule has 0 saturated heterocycles. The summed E-state index contributed by atoms with van der Waals surface area (Å²) < 4.78 is 0. The molecule has 0 atom stereocenters. The number of hydrazine groups is 1. The van der Waals surface area contributed by atoms with Crippen LogP contribution in [-0.4, -0.2) is 28.9 Å². The summed E-state index contributed by atoms with van der Waals surface area (Å²) >= 11 is 5.86. The maximum Gasteiger partial charge on any atom is 0.253 e. The summed E-state index contributed by atoms with van der Waals surface area (Å²) in [6.07, 6.45) is 1.32. The second-order valence-electron chi connectivity index (χ2n) is 5.18. The second-order valence-corrected chi connectivity index (χ2v) is 5.59. The van der Waals surface area contributed by atoms with E-state index in [0.717, 1.165) is 0 Å². The first-order valence-electron chi connectivity index (χ1n) is 5.94. The fourth-order valence-electron chi connectivity index (χ4n) is 1.39. The van der Waals surface area contributed by atoms with Crippen LogP contribution in [0.2, 0.25) is 5.02 Å². The number of amides is 2. The van der Waals surface area contributed by atoms with Gasteiger partial charge < -0.3 is 16.1 Å². The van der Waals surface area contributed by atoms with Gasteiger partial charge in [-0.2, -0.15) is 0 Å². The third-order valence-electron chi connectivity index (χ3n) is 2.16. The van der Waals surface area contributed by atoms with Crippen molar-refractivity contribution in [2.75, 3.05) is 12.0 Å². The van der Waals surface area contributed by atoms with Crippen LogP contribution in [0.1, 0.15) is 31.1 Å². The number of rotatable bonds is 4. The molecule has 2 amide bonds. The van der Waals surface area contributed by atoms with Crippen molar-refractivity contribution in [3.63, 3.8) is 0 Å². The summed E-state index contributed by atoms with van der Waals surface area (Å²) in [5, 5.41) is 5.44. The number of nitrogens with one attached hydrogen (secondary N) is 3. The SMILES string of the molecule is CC(C)(C)NC(=O)CNC(=O)c1cnc(NN)c(Cl)c1. The van der Waals surface area contributed by atoms with Gasteiger partial charge in [-0.05, 0) is 26.8 Å². The predicted molar refractivity (Wildman–Crippen MR) is 77.3 cm³/mol. The van der Waals surface area contributed by atoms with E-state index >= 15 is 0 Å². The Balaban J connectivity index is 2.59. The molecule has 1 heterocycles. The van der Waals surface area contributed by atoms with Gasteiger partial charge in [0.15, 0.2) is 5.82 Å². The molecule has 20 heavy (non-hydrogen) atoms. The van der Waals surface area contributed by atoms with Crippen molar-refractivity contribution in [2.45, 2.75) is 26.3 Å². The van der Waals surface area contributed by atoms with E-state index in [1.165, 1.54) is 12.3 Å². The molecule has 0 radical (unpaired) electrons. The molecule has 7 nitrogen and oxygen atoms in total. The van der Waals surface area contributed by atoms with Crippen molar-refractivity contribution in [3.8, 4) is 0 Å². The van der Waals surface area contributed by atoms with Crippen LogP contribution in [-0.2, 0) is 4.79 Å². The molecule has 0 spiro atoms. The van der Waals surface area contributed by atoms with Crippen LogP contribution in [0.25, 0.3) is 0 Å². The van der Waals surface area contributed by atoms with Gasteiger partial charge in [-0.25, -0.2) is 10.8 Å². The molecule has 0 aliphatic carbocycles. The van der Waals surface area contributed by atoms with Crippen molar-refractivity contribution in [3.05, 3.63) is 22.8 Å². The Bertz CT molecular complexity index is 513. The maximum atomic E-state index is 11.8. The molecule has 8 heteroatoms. The van der Waals surface area contributed by atoms with Gasteiger partial charge in [-0.3, -0.25) is 9.59 Å². The first-order valence-corrected chi connectivity index (χ1v) is 6.32. The van der Waals surface area contributed by atoms with Crippen LogP contribution < -0.4 is 21.9 Å². The van der Waals surface area contributed by atoms with Gasteiger partial charge in [0.2, 0.25) is 5.91 Å². The van der Waals surface area contributed by atoms with E-state index in [1.54, 1.807) is 0 Å². The van der Waals surface area contributed by atoms with Crippen molar-refractivity contribution in [1.29, 1.82) is 0 Å². The van der Waals surface area contributed by atoms with E-state index in [0.29, 0.717) is 0 Å². The third-order valence-corrected chi connectivity index (χ3v) is 2.45. The fraction of sp³-hybridized carbons (Fsp3) is 0.417. The number of anilines is 1. The first-order chi connectivity index (χ1) is 9.23. The van der Waals surface area contributed by atoms with E-state index in [-0.39, 0.29) is 34.4 Å². The Morgan fingerprint density at radius 3 is 2.55 bits per heavy atom. The highest BCUT2D eigenvalue weighted by Crippen LogP contribution is 2.18. The molecule has 0 aromatic carbocycles. The van der Waals surface area contributed by atoms with Gasteiger partial charge in [-0.15, -0.1) is 0 Å². The largest absolute Gasteiger partial charge is 0.350 e. The maximum absolute atomic E-state index is 11.8. The Labute approximate surface area is 122 Å². The number of carbonyl (C=O) groups excluding carboxylic acids is 2. The summed E-state index contributed by atoms with van der Waals surface area (Å²) in [7, 11) is 0. The highest BCUT2D eigenvalue weighted by molar-refractivity contribution is 6.33. The minimum atomic E-state index is -0.438. The fourth-order valence-corrected chi connectivity index (χ4v) is 1.61. The monoisotopic (exact) mass is 299 g/mol. The van der Waals surface area contributed by atoms with E-state index in [4.69, 9.17) is 17.4 Å². The number of hydrogen-bond donors (Lipinski definition) is 4. The van der Waals surface area contributed by atoms with Crippen LogP contribution in [0.5, 0.6) is 0 Å². The van der Waals surface area contributed by atoms with Gasteiger partial charge >= 0.3 is 0 Å². The van der Waals surface area contributed by atoms with E-state index < -0.39 is 5.91 Å². The highest BCUT2D eigenvalue weighted by atomic mass is 35.5. The van der Waals surface area contributed by atoms with Crippen LogP contribution >= 0.6 is 11.6 Å². The van der Waals surface area contributed by atoms with Crippen molar-refractivity contribution >= 4 is 29.2 Å². The minimum absolute atomic E-state index is 0.120. The molecule has 0 bridgehead atoms. The summed E-state index contributed by atoms with van der Waals surface area (Å²) in [6.45, 7) is 5.45. The lowest BCUT2D eigenvalue weighted by Gasteiger charge is -2.20. The van der Waals surface area contributed by atoms with E-state index in [9.17, 15) is 9.59 Å². The topological polar surface area (TPSA) is 109 Å². The van der Waals surface area contributed by atoms with Crippen molar-refractivity contribution in [1.82, 2.24) is 15.6 Å². The highest BCUT2D eigenvalue weighted by Gasteiger charge is 2.15. The van der Waals surface area contributed by atoms with Crippen LogP contribution in [0.15, 0.2) is 12.3 Å². The van der Waals surface area contributed by atoms with Gasteiger partial charge in [0.25, 0.3) is 5.91 Å². The summed E-state index contributed by atoms with van der Waals surface area (Å²) in [6, 6.07) is 1.42. The Kier molecular flexibility index (Phi) is 5.29. The van der Waals surface area contributed by atoms with Crippen LogP contribution in [0, 0.1) is 0 Å². The Hall–Kier alpha value is -1.86. The molecule has 5 N–H and O–H groups in total. The number of nitrogen functional groups attached to an aromatic ring is 1. The molecule has 0 aliphatic rings. The standard InChI is InChI=1S/C12H18ClN5O2/c1-12(2,3)17-9(19)6-16-11(20)7-4-8(13)10(18-14)15-5-7/h4-5H,6,14H2,1-3H3,(H,15,18)(H,16,20)(H,17,19). The number of hydrogen-bond acceptors (Lipinski definition) is 5. The number of nitrogens with zero attached hydrogens (tertiary/aromatic N) is 1. The van der Waals surface area contributed by atoms with Crippen molar-refractivity contribution < 1.29 is 9.59 Å². The van der Waals surface area contributed by atoms with Crippen molar-refractivity contribution in [2.24, 2.45) is 5.84 Å². The smallest absolute Gasteiger partial charge is 0.253 e. The third kappa shape index (κ3) is 5.02. The molecule has 1 aromatic heterocycles. The average Bonchev–Trinajstić information content (AvgIpc) is 2.33. The number of aromatic nitrogens is 1. The van der Waals surface area contributed by atoms with Gasteiger partial charge in [0.1, 0.15) is 0 Å². The Morgan fingerprint density at radius 1 is 1.40 bits per heavy atom. The predicted octanol–water partition coefficient (Wildman–Crippen LogP) is 0.665. The number of halogens is 1. The lowest BCUT2D eigenvalue weighted by molar-refractivity contribution is -0.121. The number of carbonyl (C=O) groups is 2. The molecule has 0 saturated carbocycles. The van der Waals surface area contributed by atoms with Crippen LogP contribution in [0.4, 0.5) is 5.82 Å². The average molecular weight is 300 g/mol. The Morgan fingerprint density at radius 2 is 2.05 bits per heavy atom. The zero-order valence-corrected chi connectivity index (χ0v) is 12.3. The van der Waals surface area contributed by atoms with Crippen LogP contribution in [0.3, 0.4) is 0 Å². The second kappa shape index (κ2) is 6.53. The minimum Gasteiger partial charge on any atom is -0.350 e. The lowest BCUT2D eigenvalue weighted by Crippen LogP contribution is -2.45. The number of nitrogens with two attached hydrogens (primary N) is 1. The quantitative estimate of drug-likeness (QED) is 0.482. The van der Waals surface area contributed by atoms with Gasteiger partial charge in [0, 0.05) is 11.7 Å². The molecule has 110 valence electrons. The molecule has 1 aromatic rings. The number of pyridine rings is 1. The van der Waals surface area contributed by atoms with E-state index in [1.807, 2.05) is 20.8 Å². The molecular weight excluding hydrogens is 282 g/mol. The molecule has 1 rings (SSSR count). The molecular formula is C12H18ClN5O2. The molecule has 0 fully saturated rings.